The van der Waals surface area contributed by atoms with Crippen molar-refractivity contribution in [2.24, 2.45) is 5.92 Å². The molecule has 0 bridgehead atoms. The Morgan fingerprint density at radius 1 is 0.886 bits per heavy atom. The Bertz CT molecular complexity index is 751. The van der Waals surface area contributed by atoms with Crippen molar-refractivity contribution in [3.8, 4) is 5.75 Å². The van der Waals surface area contributed by atoms with Crippen LogP contribution in [0.15, 0.2) is 42.5 Å². The second kappa shape index (κ2) is 19.7. The summed E-state index contributed by atoms with van der Waals surface area (Å²) in [5, 5.41) is 0. The third-order valence-electron chi connectivity index (χ3n) is 6.09. The van der Waals surface area contributed by atoms with Crippen molar-refractivity contribution >= 4 is 18.0 Å². The van der Waals surface area contributed by atoms with Gasteiger partial charge in [-0.2, -0.15) is 0 Å². The van der Waals surface area contributed by atoms with Gasteiger partial charge in [-0.05, 0) is 49.5 Å². The van der Waals surface area contributed by atoms with Crippen molar-refractivity contribution in [3.05, 3.63) is 48.1 Å². The Balaban J connectivity index is 2.29. The van der Waals surface area contributed by atoms with Crippen LogP contribution in [-0.4, -0.2) is 32.3 Å². The summed E-state index contributed by atoms with van der Waals surface area (Å²) in [5.74, 6) is 0.784. The van der Waals surface area contributed by atoms with Crippen LogP contribution >= 0.6 is 0 Å². The van der Waals surface area contributed by atoms with E-state index in [-0.39, 0.29) is 11.9 Å². The van der Waals surface area contributed by atoms with Gasteiger partial charge < -0.3 is 14.2 Å². The van der Waals surface area contributed by atoms with Gasteiger partial charge >= 0.3 is 11.9 Å². The highest BCUT2D eigenvalue weighted by atomic mass is 16.5. The van der Waals surface area contributed by atoms with Gasteiger partial charge in [-0.1, -0.05) is 89.8 Å². The largest absolute Gasteiger partial charge is 0.494 e. The number of carbonyl (C=O) groups excluding carboxylic acids is 2. The molecule has 196 valence electrons. The van der Waals surface area contributed by atoms with Gasteiger partial charge in [0.25, 0.3) is 0 Å². The van der Waals surface area contributed by atoms with Crippen LogP contribution in [0, 0.1) is 5.92 Å². The molecule has 0 saturated carbocycles. The molecule has 0 saturated heterocycles. The zero-order valence-corrected chi connectivity index (χ0v) is 22.2. The van der Waals surface area contributed by atoms with Gasteiger partial charge in [0.2, 0.25) is 0 Å². The molecule has 0 aliphatic carbocycles. The van der Waals surface area contributed by atoms with Crippen LogP contribution in [0.5, 0.6) is 5.75 Å². The number of methoxy groups -OCH3 is 1. The van der Waals surface area contributed by atoms with Crippen molar-refractivity contribution in [3.63, 3.8) is 0 Å². The fourth-order valence-corrected chi connectivity index (χ4v) is 3.90. The lowest BCUT2D eigenvalue weighted by atomic mass is 9.92. The van der Waals surface area contributed by atoms with E-state index in [2.05, 4.69) is 18.2 Å². The minimum atomic E-state index is -0.368. The van der Waals surface area contributed by atoms with Crippen LogP contribution in [0.4, 0.5) is 0 Å². The first kappa shape index (κ1) is 30.5. The van der Waals surface area contributed by atoms with E-state index in [1.165, 1.54) is 64.6 Å². The number of hydrogen-bond donors (Lipinski definition) is 0. The second-order valence-corrected chi connectivity index (χ2v) is 9.25. The zero-order chi connectivity index (χ0) is 25.7. The van der Waals surface area contributed by atoms with Gasteiger partial charge in [0.1, 0.15) is 5.75 Å². The summed E-state index contributed by atoms with van der Waals surface area (Å²) in [7, 11) is 1.36. The van der Waals surface area contributed by atoms with Gasteiger partial charge in [0.15, 0.2) is 0 Å². The van der Waals surface area contributed by atoms with E-state index in [4.69, 9.17) is 9.47 Å². The number of ether oxygens (including phenoxy) is 3. The standard InChI is InChI=1S/C30H46O5/c1-5-6-7-8-9-11-14-26(22-24-35-30(32)25(2)3)15-12-10-13-23-34-28-19-16-27(17-20-28)18-21-29(31)33-4/h16-21,26H,2,5-15,22-24H2,1,3-4H3/b21-18+. The number of esters is 2. The SMILES string of the molecule is C=C(C)C(=O)OCCC(CCCCCCCC)CCCCCOc1ccc(/C=C/C(=O)OC)cc1. The van der Waals surface area contributed by atoms with E-state index >= 15 is 0 Å². The quantitative estimate of drug-likeness (QED) is 0.107. The van der Waals surface area contributed by atoms with Crippen LogP contribution in [0.3, 0.4) is 0 Å². The minimum absolute atomic E-state index is 0.284. The molecule has 0 aliphatic rings. The van der Waals surface area contributed by atoms with Gasteiger partial charge in [0.05, 0.1) is 20.3 Å². The number of carbonyl (C=O) groups is 2. The summed E-state index contributed by atoms with van der Waals surface area (Å²) >= 11 is 0. The van der Waals surface area contributed by atoms with Crippen LogP contribution in [0.1, 0.15) is 96.5 Å². The Kier molecular flexibility index (Phi) is 17.2. The molecule has 0 spiro atoms. The molecular weight excluding hydrogens is 440 g/mol. The van der Waals surface area contributed by atoms with Crippen LogP contribution < -0.4 is 4.74 Å². The van der Waals surface area contributed by atoms with E-state index < -0.39 is 0 Å². The second-order valence-electron chi connectivity index (χ2n) is 9.25. The highest BCUT2D eigenvalue weighted by Gasteiger charge is 2.11. The van der Waals surface area contributed by atoms with E-state index in [1.54, 1.807) is 13.0 Å². The summed E-state index contributed by atoms with van der Waals surface area (Å²) in [6.07, 6.45) is 17.6. The average molecular weight is 487 g/mol. The number of hydrogen-bond acceptors (Lipinski definition) is 5. The maximum absolute atomic E-state index is 11.7. The predicted molar refractivity (Wildman–Crippen MR) is 143 cm³/mol. The Morgan fingerprint density at radius 3 is 2.14 bits per heavy atom. The van der Waals surface area contributed by atoms with Gasteiger partial charge in [-0.15, -0.1) is 0 Å². The lowest BCUT2D eigenvalue weighted by Crippen LogP contribution is -2.11. The summed E-state index contributed by atoms with van der Waals surface area (Å²) in [6.45, 7) is 8.77. The van der Waals surface area contributed by atoms with Crippen molar-refractivity contribution in [1.82, 2.24) is 0 Å². The molecule has 0 aliphatic heterocycles. The molecule has 1 aromatic carbocycles. The van der Waals surface area contributed by atoms with Crippen molar-refractivity contribution in [1.29, 1.82) is 0 Å². The minimum Gasteiger partial charge on any atom is -0.494 e. The molecule has 5 heteroatoms. The molecular formula is C30H46O5. The normalized spacial score (nSPS) is 11.9. The maximum Gasteiger partial charge on any atom is 0.333 e. The van der Waals surface area contributed by atoms with Crippen molar-refractivity contribution in [2.75, 3.05) is 20.3 Å². The molecule has 0 aromatic heterocycles. The molecule has 0 fully saturated rings. The molecule has 0 radical (unpaired) electrons. The third-order valence-corrected chi connectivity index (χ3v) is 6.09. The Labute approximate surface area is 212 Å². The summed E-state index contributed by atoms with van der Waals surface area (Å²) < 4.78 is 15.8. The molecule has 0 amide bonds. The van der Waals surface area contributed by atoms with E-state index in [0.29, 0.717) is 24.7 Å². The maximum atomic E-state index is 11.7. The molecule has 1 rings (SSSR count). The molecule has 0 N–H and O–H groups in total. The molecule has 1 aromatic rings. The zero-order valence-electron chi connectivity index (χ0n) is 22.2. The van der Waals surface area contributed by atoms with Gasteiger partial charge in [-0.25, -0.2) is 9.59 Å². The smallest absolute Gasteiger partial charge is 0.333 e. The number of unbranched alkanes of at least 4 members (excludes halogenated alkanes) is 7. The van der Waals surface area contributed by atoms with E-state index in [9.17, 15) is 9.59 Å². The Morgan fingerprint density at radius 2 is 1.51 bits per heavy atom. The highest BCUT2D eigenvalue weighted by Crippen LogP contribution is 2.22. The average Bonchev–Trinajstić information content (AvgIpc) is 2.86. The van der Waals surface area contributed by atoms with Crippen molar-refractivity contribution in [2.45, 2.75) is 90.9 Å². The van der Waals surface area contributed by atoms with Crippen LogP contribution in [-0.2, 0) is 19.1 Å². The molecule has 1 unspecified atom stereocenters. The Hall–Kier alpha value is -2.56. The van der Waals surface area contributed by atoms with E-state index in [0.717, 1.165) is 37.0 Å². The van der Waals surface area contributed by atoms with Gasteiger partial charge in [0, 0.05) is 11.6 Å². The van der Waals surface area contributed by atoms with Crippen LogP contribution in [0.25, 0.3) is 6.08 Å². The summed E-state index contributed by atoms with van der Waals surface area (Å²) in [6, 6.07) is 7.67. The van der Waals surface area contributed by atoms with Gasteiger partial charge in [-0.3, -0.25) is 0 Å². The molecule has 5 nitrogen and oxygen atoms in total. The summed E-state index contributed by atoms with van der Waals surface area (Å²) in [5.41, 5.74) is 1.39. The number of benzene rings is 1. The predicted octanol–water partition coefficient (Wildman–Crippen LogP) is 7.69. The fraction of sp³-hybridized carbons (Fsp3) is 0.600. The van der Waals surface area contributed by atoms with Crippen LogP contribution in [0.2, 0.25) is 0 Å². The number of rotatable bonds is 20. The van der Waals surface area contributed by atoms with Crippen molar-refractivity contribution < 1.29 is 23.8 Å². The lowest BCUT2D eigenvalue weighted by molar-refractivity contribution is -0.139. The lowest BCUT2D eigenvalue weighted by Gasteiger charge is -2.17. The topological polar surface area (TPSA) is 61.8 Å². The highest BCUT2D eigenvalue weighted by molar-refractivity contribution is 5.87. The first-order valence-corrected chi connectivity index (χ1v) is 13.3. The third kappa shape index (κ3) is 15.9. The first-order valence-electron chi connectivity index (χ1n) is 13.3. The first-order chi connectivity index (χ1) is 17.0. The van der Waals surface area contributed by atoms with E-state index in [1.807, 2.05) is 24.3 Å². The molecule has 35 heavy (non-hydrogen) atoms. The molecule has 1 atom stereocenters. The monoisotopic (exact) mass is 486 g/mol. The fourth-order valence-electron chi connectivity index (χ4n) is 3.90. The molecule has 0 heterocycles. The summed E-state index contributed by atoms with van der Waals surface area (Å²) in [4.78, 5) is 22.8.